The van der Waals surface area contributed by atoms with Gasteiger partial charge in [-0.1, -0.05) is 36.7 Å². The van der Waals surface area contributed by atoms with Crippen LogP contribution in [-0.4, -0.2) is 63.2 Å². The highest BCUT2D eigenvalue weighted by Gasteiger charge is 2.54. The number of ether oxygens (including phenoxy) is 1. The molecule has 4 atom stereocenters. The van der Waals surface area contributed by atoms with E-state index in [1.54, 1.807) is 6.07 Å². The molecule has 7 nitrogen and oxygen atoms in total. The second kappa shape index (κ2) is 9.80. The van der Waals surface area contributed by atoms with Gasteiger partial charge in [0, 0.05) is 63.7 Å². The molecule has 0 spiro atoms. The number of para-hydroxylation sites is 1. The molecule has 5 rings (SSSR count). The molecule has 8 heteroatoms. The molecule has 3 aliphatic rings. The van der Waals surface area contributed by atoms with Gasteiger partial charge in [-0.25, -0.2) is 0 Å². The lowest BCUT2D eigenvalue weighted by atomic mass is 9.97. The second-order valence-electron chi connectivity index (χ2n) is 9.72. The summed E-state index contributed by atoms with van der Waals surface area (Å²) in [6.07, 6.45) is 1.11. The van der Waals surface area contributed by atoms with Gasteiger partial charge in [-0.15, -0.1) is 0 Å². The number of piperazine rings is 1. The summed E-state index contributed by atoms with van der Waals surface area (Å²) in [5.41, 5.74) is 3.95. The fraction of sp³-hybridized carbons (Fsp3) is 0.481. The van der Waals surface area contributed by atoms with Crippen molar-refractivity contribution in [1.82, 2.24) is 4.90 Å². The third kappa shape index (κ3) is 4.53. The molecule has 2 aromatic rings. The average Bonchev–Trinajstić information content (AvgIpc) is 3.66. The smallest absolute Gasteiger partial charge is 0.253 e. The number of nitrogens with zero attached hydrogens (tertiary/aromatic N) is 3. The second-order valence-corrected chi connectivity index (χ2v) is 10.1. The summed E-state index contributed by atoms with van der Waals surface area (Å²) in [5, 5.41) is 3.51. The van der Waals surface area contributed by atoms with Crippen molar-refractivity contribution in [2.45, 2.75) is 31.9 Å². The SMILES string of the molecule is CCC(OC)C(=O)Nc1ccc(N2CCN(C3c4ccccc4N(C)C(=O)C4CC43)CC2)c(Cl)c1. The standard InChI is InChI=1S/C27H33ClN4O3/c1-4-24(35-3)26(33)29-17-9-10-23(21(28)15-17)31-11-13-32(14-12-31)25-18-7-5-6-8-22(18)30(2)27(34)20-16-19(20)25/h5-10,15,19-20,24-25H,4,11-14,16H2,1-3H3,(H,29,33). The van der Waals surface area contributed by atoms with E-state index in [1.165, 1.54) is 12.7 Å². The van der Waals surface area contributed by atoms with Gasteiger partial charge in [0.25, 0.3) is 5.91 Å². The number of rotatable bonds is 6. The Kier molecular flexibility index (Phi) is 6.75. The van der Waals surface area contributed by atoms with Crippen molar-refractivity contribution in [3.63, 3.8) is 0 Å². The van der Waals surface area contributed by atoms with Crippen LogP contribution in [0.25, 0.3) is 0 Å². The van der Waals surface area contributed by atoms with E-state index in [1.807, 2.05) is 37.1 Å². The quantitative estimate of drug-likeness (QED) is 0.650. The molecule has 0 bridgehead atoms. The van der Waals surface area contributed by atoms with E-state index in [2.05, 4.69) is 33.3 Å². The van der Waals surface area contributed by atoms with Gasteiger partial charge in [0.1, 0.15) is 6.10 Å². The van der Waals surface area contributed by atoms with Crippen molar-refractivity contribution in [1.29, 1.82) is 0 Å². The number of benzene rings is 2. The molecule has 2 aromatic carbocycles. The zero-order valence-electron chi connectivity index (χ0n) is 20.5. The Hall–Kier alpha value is -2.61. The zero-order chi connectivity index (χ0) is 24.7. The predicted octanol–water partition coefficient (Wildman–Crippen LogP) is 4.18. The molecule has 1 saturated carbocycles. The fourth-order valence-electron chi connectivity index (χ4n) is 5.72. The molecular weight excluding hydrogens is 464 g/mol. The van der Waals surface area contributed by atoms with Gasteiger partial charge < -0.3 is 19.9 Å². The lowest BCUT2D eigenvalue weighted by molar-refractivity contribution is -0.125. The van der Waals surface area contributed by atoms with Gasteiger partial charge in [-0.05, 0) is 48.6 Å². The average molecular weight is 497 g/mol. The first-order chi connectivity index (χ1) is 16.9. The molecule has 186 valence electrons. The number of fused-ring (bicyclic) bond motifs is 2. The lowest BCUT2D eigenvalue weighted by Crippen LogP contribution is -2.48. The molecule has 1 saturated heterocycles. The minimum absolute atomic E-state index is 0.137. The van der Waals surface area contributed by atoms with Crippen molar-refractivity contribution < 1.29 is 14.3 Å². The Labute approximate surface area is 212 Å². The van der Waals surface area contributed by atoms with E-state index < -0.39 is 6.10 Å². The Bertz CT molecular complexity index is 1110. The van der Waals surface area contributed by atoms with Crippen LogP contribution in [-0.2, 0) is 14.3 Å². The third-order valence-electron chi connectivity index (χ3n) is 7.72. The van der Waals surface area contributed by atoms with Crippen LogP contribution >= 0.6 is 11.6 Å². The number of hydrogen-bond donors (Lipinski definition) is 1. The zero-order valence-corrected chi connectivity index (χ0v) is 21.3. The molecular formula is C27H33ClN4O3. The van der Waals surface area contributed by atoms with Crippen LogP contribution in [0.5, 0.6) is 0 Å². The van der Waals surface area contributed by atoms with E-state index >= 15 is 0 Å². The maximum atomic E-state index is 12.9. The largest absolute Gasteiger partial charge is 0.372 e. The minimum atomic E-state index is -0.475. The molecule has 35 heavy (non-hydrogen) atoms. The van der Waals surface area contributed by atoms with Crippen LogP contribution in [0.3, 0.4) is 0 Å². The Morgan fingerprint density at radius 1 is 1.14 bits per heavy atom. The number of amides is 2. The van der Waals surface area contributed by atoms with E-state index in [4.69, 9.17) is 16.3 Å². The van der Waals surface area contributed by atoms with Crippen molar-refractivity contribution >= 4 is 40.5 Å². The number of hydrogen-bond acceptors (Lipinski definition) is 5. The molecule has 1 aliphatic carbocycles. The van der Waals surface area contributed by atoms with Gasteiger partial charge in [-0.3, -0.25) is 14.5 Å². The van der Waals surface area contributed by atoms with Crippen molar-refractivity contribution in [2.24, 2.45) is 11.8 Å². The maximum Gasteiger partial charge on any atom is 0.253 e. The topological polar surface area (TPSA) is 65.1 Å². The molecule has 1 N–H and O–H groups in total. The van der Waals surface area contributed by atoms with Crippen LogP contribution in [0.2, 0.25) is 5.02 Å². The first kappa shape index (κ1) is 24.1. The fourth-order valence-corrected chi connectivity index (χ4v) is 6.02. The maximum absolute atomic E-state index is 12.9. The van der Waals surface area contributed by atoms with Gasteiger partial charge in [0.2, 0.25) is 5.91 Å². The monoisotopic (exact) mass is 496 g/mol. The molecule has 2 fully saturated rings. The van der Waals surface area contributed by atoms with Crippen LogP contribution in [0.4, 0.5) is 17.1 Å². The first-order valence-corrected chi connectivity index (χ1v) is 12.8. The predicted molar refractivity (Wildman–Crippen MR) is 139 cm³/mol. The van der Waals surface area contributed by atoms with E-state index in [9.17, 15) is 9.59 Å². The molecule has 2 heterocycles. The number of anilines is 3. The van der Waals surface area contributed by atoms with Gasteiger partial charge in [0.05, 0.1) is 10.7 Å². The summed E-state index contributed by atoms with van der Waals surface area (Å²) in [6, 6.07) is 14.3. The number of halogens is 1. The molecule has 2 amide bonds. The third-order valence-corrected chi connectivity index (χ3v) is 8.02. The molecule has 0 radical (unpaired) electrons. The summed E-state index contributed by atoms with van der Waals surface area (Å²) in [6.45, 7) is 5.43. The molecule has 4 unspecified atom stereocenters. The molecule has 0 aromatic heterocycles. The lowest BCUT2D eigenvalue weighted by Gasteiger charge is -2.41. The van der Waals surface area contributed by atoms with Crippen molar-refractivity contribution in [3.05, 3.63) is 53.1 Å². The first-order valence-electron chi connectivity index (χ1n) is 12.4. The summed E-state index contributed by atoms with van der Waals surface area (Å²) in [4.78, 5) is 31.9. The minimum Gasteiger partial charge on any atom is -0.372 e. The van der Waals surface area contributed by atoms with Crippen LogP contribution in [0.15, 0.2) is 42.5 Å². The highest BCUT2D eigenvalue weighted by atomic mass is 35.5. The molecule has 2 aliphatic heterocycles. The Morgan fingerprint density at radius 3 is 2.57 bits per heavy atom. The van der Waals surface area contributed by atoms with Gasteiger partial charge in [-0.2, -0.15) is 0 Å². The van der Waals surface area contributed by atoms with Crippen LogP contribution in [0, 0.1) is 11.8 Å². The van der Waals surface area contributed by atoms with E-state index in [-0.39, 0.29) is 23.8 Å². The number of methoxy groups -OCH3 is 1. The van der Waals surface area contributed by atoms with E-state index in [0.717, 1.165) is 44.0 Å². The van der Waals surface area contributed by atoms with Crippen molar-refractivity contribution in [3.8, 4) is 0 Å². The number of carbonyl (C=O) groups excluding carboxylic acids is 2. The van der Waals surface area contributed by atoms with Gasteiger partial charge >= 0.3 is 0 Å². The number of nitrogens with one attached hydrogen (secondary N) is 1. The highest BCUT2D eigenvalue weighted by Crippen LogP contribution is 2.55. The summed E-state index contributed by atoms with van der Waals surface area (Å²) in [7, 11) is 3.44. The van der Waals surface area contributed by atoms with Crippen LogP contribution < -0.4 is 15.1 Å². The Morgan fingerprint density at radius 2 is 1.89 bits per heavy atom. The van der Waals surface area contributed by atoms with E-state index in [0.29, 0.717) is 23.0 Å². The van der Waals surface area contributed by atoms with Gasteiger partial charge in [0.15, 0.2) is 0 Å². The summed E-state index contributed by atoms with van der Waals surface area (Å²) >= 11 is 6.65. The van der Waals surface area contributed by atoms with Crippen molar-refractivity contribution in [2.75, 3.05) is 55.5 Å². The highest BCUT2D eigenvalue weighted by molar-refractivity contribution is 6.33. The summed E-state index contributed by atoms with van der Waals surface area (Å²) in [5.74, 6) is 0.612. The Balaban J connectivity index is 1.28. The summed E-state index contributed by atoms with van der Waals surface area (Å²) < 4.78 is 5.22. The number of carbonyl (C=O) groups is 2. The normalized spacial score (nSPS) is 24.9. The van der Waals surface area contributed by atoms with Crippen LogP contribution in [0.1, 0.15) is 31.4 Å².